The third-order valence-electron chi connectivity index (χ3n) is 5.99. The van der Waals surface area contributed by atoms with E-state index in [1.54, 1.807) is 0 Å². The number of aromatic nitrogens is 2. The number of nitrogens with zero attached hydrogens (tertiary/aromatic N) is 3. The second-order valence-corrected chi connectivity index (χ2v) is 8.78. The number of anilines is 1. The van der Waals surface area contributed by atoms with E-state index >= 15 is 0 Å². The molecule has 0 spiro atoms. The number of aromatic amines is 1. The van der Waals surface area contributed by atoms with Crippen molar-refractivity contribution in [1.82, 2.24) is 14.9 Å². The number of nitrogens with one attached hydrogen (secondary N) is 1. The first-order chi connectivity index (χ1) is 14.2. The Labute approximate surface area is 173 Å². The monoisotopic (exact) mass is 408 g/mol. The van der Waals surface area contributed by atoms with E-state index in [0.29, 0.717) is 17.2 Å². The molecule has 2 aliphatic heterocycles. The zero-order valence-electron chi connectivity index (χ0n) is 16.3. The molecule has 6 nitrogen and oxygen atoms in total. The van der Waals surface area contributed by atoms with E-state index < -0.39 is 0 Å². The molecule has 3 aromatic rings. The summed E-state index contributed by atoms with van der Waals surface area (Å²) in [7, 11) is 0. The summed E-state index contributed by atoms with van der Waals surface area (Å²) < 4.78 is 0.648. The van der Waals surface area contributed by atoms with Crippen LogP contribution in [0.4, 0.5) is 5.95 Å². The Morgan fingerprint density at radius 1 is 1.10 bits per heavy atom. The molecule has 0 saturated carbocycles. The molecule has 4 heterocycles. The number of hydrogen-bond acceptors (Lipinski definition) is 5. The molecule has 1 unspecified atom stereocenters. The number of carbonyl (C=O) groups excluding carboxylic acids is 1. The predicted molar refractivity (Wildman–Crippen MR) is 116 cm³/mol. The summed E-state index contributed by atoms with van der Waals surface area (Å²) >= 11 is 1.43. The Morgan fingerprint density at radius 2 is 1.90 bits per heavy atom. The van der Waals surface area contributed by atoms with E-state index in [0.717, 1.165) is 62.0 Å². The Balaban J connectivity index is 1.46. The lowest BCUT2D eigenvalue weighted by molar-refractivity contribution is -0.134. The largest absolute Gasteiger partial charge is 0.342 e. The van der Waals surface area contributed by atoms with Crippen LogP contribution in [-0.4, -0.2) is 47.0 Å². The number of rotatable bonds is 3. The van der Waals surface area contributed by atoms with Crippen LogP contribution in [0.25, 0.3) is 21.3 Å². The highest BCUT2D eigenvalue weighted by Crippen LogP contribution is 2.32. The molecule has 0 radical (unpaired) electrons. The Hall–Kier alpha value is -2.67. The van der Waals surface area contributed by atoms with Gasteiger partial charge >= 0.3 is 0 Å². The van der Waals surface area contributed by atoms with E-state index in [1.807, 2.05) is 40.6 Å². The highest BCUT2D eigenvalue weighted by Gasteiger charge is 2.31. The summed E-state index contributed by atoms with van der Waals surface area (Å²) in [5.74, 6) is 0.826. The summed E-state index contributed by atoms with van der Waals surface area (Å²) in [6.07, 6.45) is 4.05. The van der Waals surface area contributed by atoms with Gasteiger partial charge in [-0.1, -0.05) is 30.3 Å². The van der Waals surface area contributed by atoms with Gasteiger partial charge in [0.05, 0.1) is 11.4 Å². The van der Waals surface area contributed by atoms with Crippen LogP contribution in [0.5, 0.6) is 0 Å². The molecule has 2 fully saturated rings. The summed E-state index contributed by atoms with van der Waals surface area (Å²) in [5, 5.41) is 2.00. The fourth-order valence-corrected chi connectivity index (χ4v) is 5.36. The van der Waals surface area contributed by atoms with Crippen molar-refractivity contribution in [3.63, 3.8) is 0 Å². The minimum absolute atomic E-state index is 0.0149. The number of fused-ring (bicyclic) bond motifs is 1. The standard InChI is InChI=1S/C22H24N4O2S/c27-20-19-18(17(14-29-19)15-7-2-1-3-8-15)23-22(24-20)26-12-6-9-16(13-26)21(28)25-10-4-5-11-25/h1-3,7-8,14,16H,4-6,9-13H2,(H,23,24,27). The quantitative estimate of drug-likeness (QED) is 0.720. The van der Waals surface area contributed by atoms with Gasteiger partial charge < -0.3 is 9.80 Å². The van der Waals surface area contributed by atoms with Crippen molar-refractivity contribution in [2.24, 2.45) is 5.92 Å². The Bertz CT molecular complexity index is 1090. The predicted octanol–water partition coefficient (Wildman–Crippen LogP) is 3.49. The first-order valence-electron chi connectivity index (χ1n) is 10.3. The zero-order valence-corrected chi connectivity index (χ0v) is 17.1. The van der Waals surface area contributed by atoms with Crippen molar-refractivity contribution in [2.75, 3.05) is 31.1 Å². The third-order valence-corrected chi connectivity index (χ3v) is 6.95. The molecular formula is C22H24N4O2S. The summed E-state index contributed by atoms with van der Waals surface area (Å²) in [4.78, 5) is 37.5. The maximum Gasteiger partial charge on any atom is 0.270 e. The minimum atomic E-state index is -0.106. The number of H-pyrrole nitrogens is 1. The average molecular weight is 409 g/mol. The highest BCUT2D eigenvalue weighted by atomic mass is 32.1. The number of amides is 1. The van der Waals surface area contributed by atoms with E-state index in [1.165, 1.54) is 11.3 Å². The number of likely N-dealkylation sites (tertiary alicyclic amines) is 1. The molecule has 0 bridgehead atoms. The van der Waals surface area contributed by atoms with E-state index in [9.17, 15) is 9.59 Å². The lowest BCUT2D eigenvalue weighted by atomic mass is 9.97. The molecule has 150 valence electrons. The summed E-state index contributed by atoms with van der Waals surface area (Å²) in [6, 6.07) is 10.0. The second kappa shape index (κ2) is 7.63. The molecular weight excluding hydrogens is 384 g/mol. The molecule has 29 heavy (non-hydrogen) atoms. The zero-order chi connectivity index (χ0) is 19.8. The van der Waals surface area contributed by atoms with E-state index in [-0.39, 0.29) is 17.4 Å². The number of piperidine rings is 1. The smallest absolute Gasteiger partial charge is 0.270 e. The van der Waals surface area contributed by atoms with Gasteiger partial charge in [-0.25, -0.2) is 4.98 Å². The normalized spacial score (nSPS) is 19.8. The summed E-state index contributed by atoms with van der Waals surface area (Å²) in [5.41, 5.74) is 2.68. The summed E-state index contributed by atoms with van der Waals surface area (Å²) in [6.45, 7) is 3.19. The van der Waals surface area contributed by atoms with Gasteiger partial charge in [0.1, 0.15) is 4.70 Å². The first kappa shape index (κ1) is 18.4. The first-order valence-corrected chi connectivity index (χ1v) is 11.2. The van der Waals surface area contributed by atoms with Crippen LogP contribution in [0.2, 0.25) is 0 Å². The van der Waals surface area contributed by atoms with Gasteiger partial charge in [-0.2, -0.15) is 0 Å². The van der Waals surface area contributed by atoms with Crippen molar-refractivity contribution < 1.29 is 4.79 Å². The topological polar surface area (TPSA) is 69.3 Å². The van der Waals surface area contributed by atoms with Crippen LogP contribution >= 0.6 is 11.3 Å². The van der Waals surface area contributed by atoms with Gasteiger partial charge in [-0.05, 0) is 31.2 Å². The van der Waals surface area contributed by atoms with Crippen molar-refractivity contribution in [2.45, 2.75) is 25.7 Å². The molecule has 2 aliphatic rings. The van der Waals surface area contributed by atoms with Gasteiger partial charge in [0, 0.05) is 37.1 Å². The number of carbonyl (C=O) groups is 1. The Morgan fingerprint density at radius 3 is 2.69 bits per heavy atom. The van der Waals surface area contributed by atoms with Crippen molar-refractivity contribution in [1.29, 1.82) is 0 Å². The van der Waals surface area contributed by atoms with Crippen LogP contribution in [0.3, 0.4) is 0 Å². The van der Waals surface area contributed by atoms with Crippen LogP contribution in [0.15, 0.2) is 40.5 Å². The lowest BCUT2D eigenvalue weighted by Gasteiger charge is -2.34. The molecule has 5 rings (SSSR count). The van der Waals surface area contributed by atoms with Crippen molar-refractivity contribution in [3.05, 3.63) is 46.1 Å². The van der Waals surface area contributed by atoms with E-state index in [2.05, 4.69) is 9.88 Å². The Kier molecular flexibility index (Phi) is 4.83. The molecule has 2 aromatic heterocycles. The van der Waals surface area contributed by atoms with Crippen LogP contribution in [-0.2, 0) is 4.79 Å². The third kappa shape index (κ3) is 3.44. The fourth-order valence-electron chi connectivity index (χ4n) is 4.46. The number of benzene rings is 1. The van der Waals surface area contributed by atoms with Crippen molar-refractivity contribution >= 4 is 33.4 Å². The van der Waals surface area contributed by atoms with Gasteiger partial charge in [0.15, 0.2) is 0 Å². The van der Waals surface area contributed by atoms with Gasteiger partial charge in [-0.15, -0.1) is 11.3 Å². The van der Waals surface area contributed by atoms with Crippen LogP contribution in [0.1, 0.15) is 25.7 Å². The molecule has 1 aromatic carbocycles. The van der Waals surface area contributed by atoms with Gasteiger partial charge in [0.25, 0.3) is 5.56 Å². The van der Waals surface area contributed by atoms with Gasteiger partial charge in [0.2, 0.25) is 11.9 Å². The maximum absolute atomic E-state index is 12.9. The van der Waals surface area contributed by atoms with Gasteiger partial charge in [-0.3, -0.25) is 14.6 Å². The average Bonchev–Trinajstić information content (AvgIpc) is 3.44. The molecule has 1 atom stereocenters. The molecule has 7 heteroatoms. The maximum atomic E-state index is 12.9. The minimum Gasteiger partial charge on any atom is -0.342 e. The molecule has 1 amide bonds. The number of hydrogen-bond donors (Lipinski definition) is 1. The SMILES string of the molecule is O=C(C1CCCN(c2nc3c(-c4ccccc4)csc3c(=O)[nH]2)C1)N1CCCC1. The fraction of sp³-hybridized carbons (Fsp3) is 0.409. The van der Waals surface area contributed by atoms with Crippen LogP contribution < -0.4 is 10.5 Å². The molecule has 2 saturated heterocycles. The lowest BCUT2D eigenvalue weighted by Crippen LogP contribution is -2.45. The van der Waals surface area contributed by atoms with E-state index in [4.69, 9.17) is 4.98 Å². The second-order valence-electron chi connectivity index (χ2n) is 7.90. The highest BCUT2D eigenvalue weighted by molar-refractivity contribution is 7.17. The molecule has 1 N–H and O–H groups in total. The molecule has 0 aliphatic carbocycles. The van der Waals surface area contributed by atoms with Crippen LogP contribution in [0, 0.1) is 5.92 Å². The number of thiophene rings is 1. The van der Waals surface area contributed by atoms with Crippen molar-refractivity contribution in [3.8, 4) is 11.1 Å².